The van der Waals surface area contributed by atoms with Gasteiger partial charge in [-0.15, -0.1) is 0 Å². The molecule has 0 spiro atoms. The lowest BCUT2D eigenvalue weighted by atomic mass is 10.00. The van der Waals surface area contributed by atoms with E-state index in [9.17, 15) is 14.9 Å². The summed E-state index contributed by atoms with van der Waals surface area (Å²) in [5.41, 5.74) is 0.558. The molecular weight excluding hydrogens is 314 g/mol. The molecule has 2 heterocycles. The molecule has 1 saturated heterocycles. The fraction of sp³-hybridized carbons (Fsp3) is 0.500. The number of anilines is 1. The molecule has 1 fully saturated rings. The van der Waals surface area contributed by atoms with Crippen molar-refractivity contribution in [3.05, 3.63) is 26.3 Å². The fourth-order valence-corrected chi connectivity index (χ4v) is 2.83. The number of pyridine rings is 1. The summed E-state index contributed by atoms with van der Waals surface area (Å²) >= 11 is 3.38. The molecule has 0 bridgehead atoms. The van der Waals surface area contributed by atoms with Crippen LogP contribution in [-0.4, -0.2) is 29.3 Å². The maximum absolute atomic E-state index is 10.9. The smallest absolute Gasteiger partial charge is 0.291 e. The minimum Gasteiger partial charge on any atom is -0.355 e. The summed E-state index contributed by atoms with van der Waals surface area (Å²) in [7, 11) is 0. The Balaban J connectivity index is 2.33. The zero-order valence-electron chi connectivity index (χ0n) is 10.5. The second-order valence-electron chi connectivity index (χ2n) is 4.65. The third-order valence-electron chi connectivity index (χ3n) is 3.37. The summed E-state index contributed by atoms with van der Waals surface area (Å²) < 4.78 is 0.633. The number of aldehydes is 1. The Hall–Kier alpha value is -1.50. The lowest BCUT2D eigenvalue weighted by Gasteiger charge is -2.31. The number of aromatic nitrogens is 1. The molecule has 0 aliphatic carbocycles. The van der Waals surface area contributed by atoms with Gasteiger partial charge in [-0.25, -0.2) is 4.98 Å². The SMILES string of the molecule is Cc1c([N+](=O)[O-])cnc(N2CCCC(C=O)C2)c1Br. The number of nitro groups is 1. The van der Waals surface area contributed by atoms with Crippen LogP contribution < -0.4 is 4.90 Å². The summed E-state index contributed by atoms with van der Waals surface area (Å²) in [4.78, 5) is 27.5. The van der Waals surface area contributed by atoms with Crippen molar-refractivity contribution in [2.45, 2.75) is 19.8 Å². The van der Waals surface area contributed by atoms with Gasteiger partial charge in [-0.05, 0) is 35.7 Å². The van der Waals surface area contributed by atoms with Gasteiger partial charge in [0.25, 0.3) is 5.69 Å². The largest absolute Gasteiger partial charge is 0.355 e. The van der Waals surface area contributed by atoms with Crippen molar-refractivity contribution >= 4 is 33.7 Å². The molecule has 102 valence electrons. The van der Waals surface area contributed by atoms with E-state index in [-0.39, 0.29) is 11.6 Å². The van der Waals surface area contributed by atoms with Crippen LogP contribution in [0.3, 0.4) is 0 Å². The van der Waals surface area contributed by atoms with Crippen molar-refractivity contribution < 1.29 is 9.72 Å². The molecule has 1 aromatic heterocycles. The molecule has 1 atom stereocenters. The first-order valence-corrected chi connectivity index (χ1v) is 6.83. The minimum atomic E-state index is -0.443. The third kappa shape index (κ3) is 2.75. The Bertz CT molecular complexity index is 521. The van der Waals surface area contributed by atoms with E-state index in [1.54, 1.807) is 6.92 Å². The van der Waals surface area contributed by atoms with Gasteiger partial charge < -0.3 is 9.69 Å². The van der Waals surface area contributed by atoms with Crippen LogP contribution in [0.5, 0.6) is 0 Å². The first-order chi connectivity index (χ1) is 9.04. The zero-order valence-corrected chi connectivity index (χ0v) is 12.1. The molecule has 7 heteroatoms. The molecule has 1 aliphatic heterocycles. The monoisotopic (exact) mass is 327 g/mol. The fourth-order valence-electron chi connectivity index (χ4n) is 2.27. The maximum Gasteiger partial charge on any atom is 0.291 e. The van der Waals surface area contributed by atoms with Gasteiger partial charge >= 0.3 is 0 Å². The van der Waals surface area contributed by atoms with Crippen molar-refractivity contribution in [3.63, 3.8) is 0 Å². The van der Waals surface area contributed by atoms with E-state index in [0.29, 0.717) is 22.4 Å². The molecular formula is C12H14BrN3O3. The predicted molar refractivity (Wildman–Crippen MR) is 74.3 cm³/mol. The molecule has 19 heavy (non-hydrogen) atoms. The summed E-state index contributed by atoms with van der Waals surface area (Å²) in [5, 5.41) is 10.8. The molecule has 2 rings (SSSR count). The van der Waals surface area contributed by atoms with Gasteiger partial charge in [-0.3, -0.25) is 10.1 Å². The van der Waals surface area contributed by atoms with E-state index in [4.69, 9.17) is 0 Å². The number of halogens is 1. The zero-order chi connectivity index (χ0) is 14.0. The van der Waals surface area contributed by atoms with E-state index >= 15 is 0 Å². The first-order valence-electron chi connectivity index (χ1n) is 6.04. The van der Waals surface area contributed by atoms with Crippen molar-refractivity contribution in [2.24, 2.45) is 5.92 Å². The highest BCUT2D eigenvalue weighted by Crippen LogP contribution is 2.34. The molecule has 0 saturated carbocycles. The lowest BCUT2D eigenvalue weighted by molar-refractivity contribution is -0.385. The standard InChI is InChI=1S/C12H14BrN3O3/c1-8-10(16(18)19)5-14-12(11(8)13)15-4-2-3-9(6-15)7-17/h5,7,9H,2-4,6H2,1H3. The average molecular weight is 328 g/mol. The number of carbonyl (C=O) groups is 1. The third-order valence-corrected chi connectivity index (χ3v) is 4.31. The summed E-state index contributed by atoms with van der Waals surface area (Å²) in [6, 6.07) is 0. The Kier molecular flexibility index (Phi) is 4.14. The van der Waals surface area contributed by atoms with Crippen LogP contribution in [0.4, 0.5) is 11.5 Å². The van der Waals surface area contributed by atoms with Crippen LogP contribution in [0.15, 0.2) is 10.7 Å². The van der Waals surface area contributed by atoms with Gasteiger partial charge in [0.2, 0.25) is 0 Å². The van der Waals surface area contributed by atoms with Crippen molar-refractivity contribution in [1.29, 1.82) is 0 Å². The molecule has 1 aliphatic rings. The van der Waals surface area contributed by atoms with Crippen LogP contribution in [-0.2, 0) is 4.79 Å². The topological polar surface area (TPSA) is 76.3 Å². The molecule has 1 unspecified atom stereocenters. The molecule has 0 aromatic carbocycles. The normalized spacial score (nSPS) is 19.3. The highest BCUT2D eigenvalue weighted by Gasteiger charge is 2.25. The van der Waals surface area contributed by atoms with Gasteiger partial charge in [0.15, 0.2) is 0 Å². The second kappa shape index (κ2) is 5.64. The molecule has 1 aromatic rings. The average Bonchev–Trinajstić information content (AvgIpc) is 2.41. The summed E-state index contributed by atoms with van der Waals surface area (Å²) in [6.45, 7) is 3.12. The Morgan fingerprint density at radius 2 is 2.37 bits per heavy atom. The number of nitrogens with zero attached hydrogens (tertiary/aromatic N) is 3. The summed E-state index contributed by atoms with van der Waals surface area (Å²) in [5.74, 6) is 0.688. The van der Waals surface area contributed by atoms with Gasteiger partial charge in [-0.1, -0.05) is 0 Å². The number of carbonyl (C=O) groups excluding carboxylic acids is 1. The minimum absolute atomic E-state index is 0.000396. The molecule has 0 amide bonds. The Morgan fingerprint density at radius 1 is 1.63 bits per heavy atom. The van der Waals surface area contributed by atoms with E-state index in [0.717, 1.165) is 25.7 Å². The van der Waals surface area contributed by atoms with E-state index in [2.05, 4.69) is 20.9 Å². The molecule has 0 N–H and O–H groups in total. The van der Waals surface area contributed by atoms with E-state index < -0.39 is 4.92 Å². The molecule has 6 nitrogen and oxygen atoms in total. The van der Waals surface area contributed by atoms with Gasteiger partial charge in [0.05, 0.1) is 9.40 Å². The van der Waals surface area contributed by atoms with Crippen molar-refractivity contribution in [2.75, 3.05) is 18.0 Å². The number of hydrogen-bond donors (Lipinski definition) is 0. The molecule has 0 radical (unpaired) electrons. The van der Waals surface area contributed by atoms with Crippen LogP contribution in [0.1, 0.15) is 18.4 Å². The van der Waals surface area contributed by atoms with Crippen LogP contribution in [0, 0.1) is 23.0 Å². The quantitative estimate of drug-likeness (QED) is 0.484. The van der Waals surface area contributed by atoms with E-state index in [1.165, 1.54) is 6.20 Å². The van der Waals surface area contributed by atoms with Crippen LogP contribution >= 0.6 is 15.9 Å². The number of rotatable bonds is 3. The van der Waals surface area contributed by atoms with Crippen molar-refractivity contribution in [1.82, 2.24) is 4.98 Å². The van der Waals surface area contributed by atoms with Crippen LogP contribution in [0.25, 0.3) is 0 Å². The summed E-state index contributed by atoms with van der Waals surface area (Å²) in [6.07, 6.45) is 4.06. The maximum atomic E-state index is 10.9. The number of piperidine rings is 1. The lowest BCUT2D eigenvalue weighted by Crippen LogP contribution is -2.36. The van der Waals surface area contributed by atoms with Gasteiger partial charge in [0, 0.05) is 24.6 Å². The van der Waals surface area contributed by atoms with Gasteiger partial charge in [0.1, 0.15) is 18.3 Å². The highest BCUT2D eigenvalue weighted by atomic mass is 79.9. The predicted octanol–water partition coefficient (Wildman–Crippen LogP) is 2.48. The highest BCUT2D eigenvalue weighted by molar-refractivity contribution is 9.10. The van der Waals surface area contributed by atoms with Gasteiger partial charge in [-0.2, -0.15) is 0 Å². The van der Waals surface area contributed by atoms with Crippen molar-refractivity contribution in [3.8, 4) is 0 Å². The Labute approximate surface area is 119 Å². The first kappa shape index (κ1) is 13.9. The second-order valence-corrected chi connectivity index (χ2v) is 5.44. The van der Waals surface area contributed by atoms with E-state index in [1.807, 2.05) is 4.90 Å². The van der Waals surface area contributed by atoms with Crippen LogP contribution in [0.2, 0.25) is 0 Å². The Morgan fingerprint density at radius 3 is 3.00 bits per heavy atom. The number of hydrogen-bond acceptors (Lipinski definition) is 5.